The molecule has 0 radical (unpaired) electrons. The van der Waals surface area contributed by atoms with Crippen LogP contribution >= 0.6 is 0 Å². The van der Waals surface area contributed by atoms with Gasteiger partial charge in [-0.3, -0.25) is 4.79 Å². The SMILES string of the molecule is CC1CC(C)N(C(=O)c2ccccc2N)C1. The Morgan fingerprint density at radius 2 is 2.06 bits per heavy atom. The molecular weight excluding hydrogens is 200 g/mol. The van der Waals surface area contributed by atoms with Crippen molar-refractivity contribution < 1.29 is 4.79 Å². The maximum Gasteiger partial charge on any atom is 0.256 e. The van der Waals surface area contributed by atoms with E-state index in [-0.39, 0.29) is 5.91 Å². The molecule has 2 atom stereocenters. The van der Waals surface area contributed by atoms with Crippen LogP contribution in [0.1, 0.15) is 30.6 Å². The minimum absolute atomic E-state index is 0.0648. The number of hydrogen-bond donors (Lipinski definition) is 1. The molecule has 0 saturated carbocycles. The summed E-state index contributed by atoms with van der Waals surface area (Å²) < 4.78 is 0. The monoisotopic (exact) mass is 218 g/mol. The molecule has 2 unspecified atom stereocenters. The second-order valence-electron chi connectivity index (χ2n) is 4.73. The van der Waals surface area contributed by atoms with Crippen LogP contribution in [0, 0.1) is 5.92 Å². The minimum Gasteiger partial charge on any atom is -0.398 e. The normalized spacial score (nSPS) is 24.8. The van der Waals surface area contributed by atoms with Crippen molar-refractivity contribution in [3.05, 3.63) is 29.8 Å². The summed E-state index contributed by atoms with van der Waals surface area (Å²) in [7, 11) is 0. The smallest absolute Gasteiger partial charge is 0.256 e. The molecule has 1 aromatic carbocycles. The van der Waals surface area contributed by atoms with Crippen LogP contribution in [0.2, 0.25) is 0 Å². The molecular formula is C13H18N2O. The van der Waals surface area contributed by atoms with Crippen LogP contribution in [0.3, 0.4) is 0 Å². The Hall–Kier alpha value is -1.51. The number of nitrogen functional groups attached to an aromatic ring is 1. The molecule has 16 heavy (non-hydrogen) atoms. The molecule has 1 saturated heterocycles. The van der Waals surface area contributed by atoms with Gasteiger partial charge in [-0.2, -0.15) is 0 Å². The van der Waals surface area contributed by atoms with Gasteiger partial charge in [0.1, 0.15) is 0 Å². The van der Waals surface area contributed by atoms with E-state index < -0.39 is 0 Å². The number of rotatable bonds is 1. The number of hydrogen-bond acceptors (Lipinski definition) is 2. The average Bonchev–Trinajstić information content (AvgIpc) is 2.58. The van der Waals surface area contributed by atoms with Gasteiger partial charge in [0.2, 0.25) is 0 Å². The number of anilines is 1. The van der Waals surface area contributed by atoms with Crippen molar-refractivity contribution in [2.24, 2.45) is 5.92 Å². The van der Waals surface area contributed by atoms with Crippen LogP contribution in [0.5, 0.6) is 0 Å². The van der Waals surface area contributed by atoms with E-state index in [9.17, 15) is 4.79 Å². The molecule has 2 N–H and O–H groups in total. The fraction of sp³-hybridized carbons (Fsp3) is 0.462. The molecule has 1 amide bonds. The summed E-state index contributed by atoms with van der Waals surface area (Å²) >= 11 is 0. The highest BCUT2D eigenvalue weighted by Gasteiger charge is 2.30. The van der Waals surface area contributed by atoms with Crippen LogP contribution < -0.4 is 5.73 Å². The van der Waals surface area contributed by atoms with Gasteiger partial charge in [-0.15, -0.1) is 0 Å². The quantitative estimate of drug-likeness (QED) is 0.734. The fourth-order valence-electron chi connectivity index (χ4n) is 2.43. The van der Waals surface area contributed by atoms with Gasteiger partial charge < -0.3 is 10.6 Å². The average molecular weight is 218 g/mol. The number of likely N-dealkylation sites (tertiary alicyclic amines) is 1. The molecule has 2 rings (SSSR count). The summed E-state index contributed by atoms with van der Waals surface area (Å²) in [4.78, 5) is 14.2. The third-order valence-corrected chi connectivity index (χ3v) is 3.24. The van der Waals surface area contributed by atoms with E-state index in [1.54, 1.807) is 12.1 Å². The zero-order chi connectivity index (χ0) is 11.7. The van der Waals surface area contributed by atoms with Gasteiger partial charge >= 0.3 is 0 Å². The Morgan fingerprint density at radius 1 is 1.38 bits per heavy atom. The molecule has 3 heteroatoms. The van der Waals surface area contributed by atoms with Crippen molar-refractivity contribution in [2.45, 2.75) is 26.3 Å². The second-order valence-corrected chi connectivity index (χ2v) is 4.73. The highest BCUT2D eigenvalue weighted by molar-refractivity contribution is 5.99. The number of benzene rings is 1. The van der Waals surface area contributed by atoms with E-state index in [0.717, 1.165) is 13.0 Å². The predicted octanol–water partition coefficient (Wildman–Crippen LogP) is 2.14. The number of carbonyl (C=O) groups is 1. The van der Waals surface area contributed by atoms with Crippen molar-refractivity contribution in [2.75, 3.05) is 12.3 Å². The number of para-hydroxylation sites is 1. The van der Waals surface area contributed by atoms with Gasteiger partial charge in [0.05, 0.1) is 5.56 Å². The largest absolute Gasteiger partial charge is 0.398 e. The first-order valence-electron chi connectivity index (χ1n) is 5.75. The molecule has 3 nitrogen and oxygen atoms in total. The van der Waals surface area contributed by atoms with Crippen LogP contribution in [0.4, 0.5) is 5.69 Å². The molecule has 86 valence electrons. The summed E-state index contributed by atoms with van der Waals surface area (Å²) in [6.45, 7) is 5.12. The van der Waals surface area contributed by atoms with Crippen molar-refractivity contribution in [3.63, 3.8) is 0 Å². The van der Waals surface area contributed by atoms with Crippen molar-refractivity contribution in [1.29, 1.82) is 0 Å². The Balaban J connectivity index is 2.23. The van der Waals surface area contributed by atoms with E-state index in [4.69, 9.17) is 5.73 Å². The molecule has 1 fully saturated rings. The lowest BCUT2D eigenvalue weighted by atomic mass is 10.1. The Kier molecular flexibility index (Phi) is 2.86. The number of nitrogens with zero attached hydrogens (tertiary/aromatic N) is 1. The molecule has 1 aliphatic rings. The van der Waals surface area contributed by atoms with Gasteiger partial charge in [-0.25, -0.2) is 0 Å². The standard InChI is InChI=1S/C13H18N2O/c1-9-7-10(2)15(8-9)13(16)11-5-3-4-6-12(11)14/h3-6,9-10H,7-8,14H2,1-2H3. The van der Waals surface area contributed by atoms with Gasteiger partial charge in [-0.05, 0) is 31.4 Å². The number of carbonyl (C=O) groups excluding carboxylic acids is 1. The molecule has 1 aromatic rings. The zero-order valence-corrected chi connectivity index (χ0v) is 9.81. The highest BCUT2D eigenvalue weighted by Crippen LogP contribution is 2.25. The van der Waals surface area contributed by atoms with Gasteiger partial charge in [0, 0.05) is 18.3 Å². The summed E-state index contributed by atoms with van der Waals surface area (Å²) in [5.41, 5.74) is 7.02. The first-order valence-corrected chi connectivity index (χ1v) is 5.75. The number of amides is 1. The van der Waals surface area contributed by atoms with Crippen LogP contribution in [0.15, 0.2) is 24.3 Å². The Bertz CT molecular complexity index is 403. The first kappa shape index (κ1) is 11.0. The van der Waals surface area contributed by atoms with Gasteiger partial charge in [-0.1, -0.05) is 19.1 Å². The topological polar surface area (TPSA) is 46.3 Å². The third kappa shape index (κ3) is 1.90. The maximum atomic E-state index is 12.3. The van der Waals surface area contributed by atoms with Gasteiger partial charge in [0.15, 0.2) is 0 Å². The summed E-state index contributed by atoms with van der Waals surface area (Å²) in [6.07, 6.45) is 1.08. The van der Waals surface area contributed by atoms with E-state index >= 15 is 0 Å². The van der Waals surface area contributed by atoms with Crippen molar-refractivity contribution >= 4 is 11.6 Å². The first-order chi connectivity index (χ1) is 7.59. The predicted molar refractivity (Wildman–Crippen MR) is 65.1 cm³/mol. The van der Waals surface area contributed by atoms with E-state index in [1.807, 2.05) is 17.0 Å². The Morgan fingerprint density at radius 3 is 2.62 bits per heavy atom. The molecule has 0 aromatic heterocycles. The third-order valence-electron chi connectivity index (χ3n) is 3.24. The summed E-state index contributed by atoms with van der Waals surface area (Å²) in [6, 6.07) is 7.60. The van der Waals surface area contributed by atoms with Crippen LogP contribution in [-0.4, -0.2) is 23.4 Å². The van der Waals surface area contributed by atoms with Crippen LogP contribution in [-0.2, 0) is 0 Å². The lowest BCUT2D eigenvalue weighted by Gasteiger charge is -2.22. The van der Waals surface area contributed by atoms with Crippen LogP contribution in [0.25, 0.3) is 0 Å². The lowest BCUT2D eigenvalue weighted by Crippen LogP contribution is -2.34. The fourth-order valence-corrected chi connectivity index (χ4v) is 2.43. The Labute approximate surface area is 96.2 Å². The maximum absolute atomic E-state index is 12.3. The van der Waals surface area contributed by atoms with Crippen molar-refractivity contribution in [3.8, 4) is 0 Å². The lowest BCUT2D eigenvalue weighted by molar-refractivity contribution is 0.0745. The molecule has 0 aliphatic carbocycles. The van der Waals surface area contributed by atoms with Gasteiger partial charge in [0.25, 0.3) is 5.91 Å². The zero-order valence-electron chi connectivity index (χ0n) is 9.81. The molecule has 1 aliphatic heterocycles. The molecule has 1 heterocycles. The summed E-state index contributed by atoms with van der Waals surface area (Å²) in [5.74, 6) is 0.652. The summed E-state index contributed by atoms with van der Waals surface area (Å²) in [5, 5.41) is 0. The second kappa shape index (κ2) is 4.16. The molecule has 0 bridgehead atoms. The van der Waals surface area contributed by atoms with E-state index in [0.29, 0.717) is 23.2 Å². The number of nitrogens with two attached hydrogens (primary N) is 1. The van der Waals surface area contributed by atoms with E-state index in [2.05, 4.69) is 13.8 Å². The van der Waals surface area contributed by atoms with Crippen molar-refractivity contribution in [1.82, 2.24) is 4.90 Å². The minimum atomic E-state index is 0.0648. The highest BCUT2D eigenvalue weighted by atomic mass is 16.2. The van der Waals surface area contributed by atoms with E-state index in [1.165, 1.54) is 0 Å². The molecule has 0 spiro atoms.